The van der Waals surface area contributed by atoms with Gasteiger partial charge < -0.3 is 9.47 Å². The molecule has 0 aliphatic carbocycles. The molecule has 0 radical (unpaired) electrons. The summed E-state index contributed by atoms with van der Waals surface area (Å²) < 4.78 is 12.8. The third-order valence-corrected chi connectivity index (χ3v) is 5.15. The Morgan fingerprint density at radius 3 is 2.52 bits per heavy atom. The number of nitrogens with zero attached hydrogens (tertiary/aromatic N) is 3. The number of thiophene rings is 1. The molecule has 0 N–H and O–H groups in total. The van der Waals surface area contributed by atoms with Gasteiger partial charge in [0.1, 0.15) is 32.4 Å². The average molecular weight is 353 g/mol. The van der Waals surface area contributed by atoms with Crippen molar-refractivity contribution in [2.45, 2.75) is 6.92 Å². The Labute approximate surface area is 147 Å². The number of rotatable bonds is 3. The van der Waals surface area contributed by atoms with Gasteiger partial charge in [-0.25, -0.2) is 9.97 Å². The third kappa shape index (κ3) is 2.35. The number of aromatic nitrogens is 3. The second-order valence-electron chi connectivity index (χ2n) is 5.47. The van der Waals surface area contributed by atoms with Crippen LogP contribution in [0.1, 0.15) is 5.82 Å². The highest BCUT2D eigenvalue weighted by atomic mass is 32.1. The van der Waals surface area contributed by atoms with Crippen LogP contribution in [0, 0.1) is 6.92 Å². The highest BCUT2D eigenvalue weighted by Crippen LogP contribution is 2.35. The van der Waals surface area contributed by atoms with Crippen LogP contribution in [0.3, 0.4) is 0 Å². The molecule has 4 rings (SSSR count). The predicted octanol–water partition coefficient (Wildman–Crippen LogP) is 3.32. The summed E-state index contributed by atoms with van der Waals surface area (Å²) in [6, 6.07) is 9.10. The molecule has 0 aliphatic heterocycles. The standard InChI is InChI=1S/C18H15N3O3S/c1-10-20-15-14-13(24-3)8-9-19-17(14)25-16(15)18(22)21(10)11-4-6-12(23-2)7-5-11/h4-9H,1-3H3. The number of benzene rings is 1. The number of methoxy groups -OCH3 is 2. The van der Waals surface area contributed by atoms with Gasteiger partial charge in [-0.05, 0) is 37.3 Å². The maximum Gasteiger partial charge on any atom is 0.276 e. The number of fused-ring (bicyclic) bond motifs is 3. The van der Waals surface area contributed by atoms with Crippen LogP contribution in [0.15, 0.2) is 41.3 Å². The van der Waals surface area contributed by atoms with Crippen molar-refractivity contribution in [2.75, 3.05) is 14.2 Å². The summed E-state index contributed by atoms with van der Waals surface area (Å²) in [5.74, 6) is 2.01. The number of ether oxygens (including phenoxy) is 2. The molecule has 0 saturated carbocycles. The van der Waals surface area contributed by atoms with Gasteiger partial charge in [0, 0.05) is 6.20 Å². The summed E-state index contributed by atoms with van der Waals surface area (Å²) in [7, 11) is 3.21. The van der Waals surface area contributed by atoms with E-state index >= 15 is 0 Å². The second kappa shape index (κ2) is 5.86. The lowest BCUT2D eigenvalue weighted by Gasteiger charge is -2.10. The van der Waals surface area contributed by atoms with Gasteiger partial charge in [0.05, 0.1) is 25.3 Å². The van der Waals surface area contributed by atoms with Crippen LogP contribution >= 0.6 is 11.3 Å². The highest BCUT2D eigenvalue weighted by Gasteiger charge is 2.18. The molecule has 0 bridgehead atoms. The van der Waals surface area contributed by atoms with Crippen molar-refractivity contribution in [1.82, 2.24) is 14.5 Å². The van der Waals surface area contributed by atoms with E-state index in [1.807, 2.05) is 31.2 Å². The summed E-state index contributed by atoms with van der Waals surface area (Å²) >= 11 is 1.33. The molecule has 126 valence electrons. The van der Waals surface area contributed by atoms with Gasteiger partial charge in [0.15, 0.2) is 0 Å². The Hall–Kier alpha value is -2.93. The molecule has 0 fully saturated rings. The van der Waals surface area contributed by atoms with E-state index in [9.17, 15) is 4.79 Å². The number of aryl methyl sites for hydroxylation is 1. The molecule has 0 aliphatic rings. The largest absolute Gasteiger partial charge is 0.497 e. The lowest BCUT2D eigenvalue weighted by atomic mass is 10.2. The Kier molecular flexibility index (Phi) is 3.65. The minimum absolute atomic E-state index is 0.113. The van der Waals surface area contributed by atoms with Gasteiger partial charge >= 0.3 is 0 Å². The first-order valence-electron chi connectivity index (χ1n) is 7.63. The Balaban J connectivity index is 2.04. The Morgan fingerprint density at radius 2 is 1.84 bits per heavy atom. The first kappa shape index (κ1) is 15.6. The van der Waals surface area contributed by atoms with E-state index in [0.29, 0.717) is 21.8 Å². The van der Waals surface area contributed by atoms with E-state index in [1.54, 1.807) is 31.0 Å². The molecule has 7 heteroatoms. The normalized spacial score (nSPS) is 11.2. The van der Waals surface area contributed by atoms with Crippen molar-refractivity contribution >= 4 is 31.8 Å². The SMILES string of the molecule is COc1ccc(-n2c(C)nc3c(sc4nccc(OC)c43)c2=O)cc1. The molecule has 0 unspecified atom stereocenters. The summed E-state index contributed by atoms with van der Waals surface area (Å²) in [5, 5.41) is 0.784. The quantitative estimate of drug-likeness (QED) is 0.565. The fourth-order valence-corrected chi connectivity index (χ4v) is 3.93. The molecule has 0 saturated heterocycles. The van der Waals surface area contributed by atoms with Crippen molar-refractivity contribution in [3.05, 3.63) is 52.7 Å². The van der Waals surface area contributed by atoms with Crippen LogP contribution in [0.4, 0.5) is 0 Å². The van der Waals surface area contributed by atoms with E-state index in [-0.39, 0.29) is 5.56 Å². The average Bonchev–Trinajstić information content (AvgIpc) is 3.01. The van der Waals surface area contributed by atoms with Gasteiger partial charge in [-0.1, -0.05) is 0 Å². The minimum atomic E-state index is -0.113. The summed E-state index contributed by atoms with van der Waals surface area (Å²) in [6.45, 7) is 1.82. The third-order valence-electron chi connectivity index (χ3n) is 4.07. The zero-order valence-corrected chi connectivity index (χ0v) is 14.8. The fraction of sp³-hybridized carbons (Fsp3) is 0.167. The fourth-order valence-electron chi connectivity index (χ4n) is 2.90. The van der Waals surface area contributed by atoms with E-state index in [2.05, 4.69) is 9.97 Å². The molecular formula is C18H15N3O3S. The topological polar surface area (TPSA) is 66.2 Å². The smallest absolute Gasteiger partial charge is 0.276 e. The van der Waals surface area contributed by atoms with Crippen LogP contribution in [0.2, 0.25) is 0 Å². The van der Waals surface area contributed by atoms with Crippen LogP contribution in [0.25, 0.3) is 26.1 Å². The Bertz CT molecular complexity index is 1150. The van der Waals surface area contributed by atoms with Crippen LogP contribution in [-0.4, -0.2) is 28.8 Å². The summed E-state index contributed by atoms with van der Waals surface area (Å²) in [5.41, 5.74) is 1.27. The molecule has 0 spiro atoms. The molecule has 1 aromatic carbocycles. The van der Waals surface area contributed by atoms with Crippen molar-refractivity contribution in [2.24, 2.45) is 0 Å². The molecule has 0 atom stereocenters. The van der Waals surface area contributed by atoms with Crippen molar-refractivity contribution < 1.29 is 9.47 Å². The van der Waals surface area contributed by atoms with Gasteiger partial charge in [-0.2, -0.15) is 0 Å². The first-order valence-corrected chi connectivity index (χ1v) is 8.45. The van der Waals surface area contributed by atoms with Crippen LogP contribution in [-0.2, 0) is 0 Å². The number of pyridine rings is 1. The minimum Gasteiger partial charge on any atom is -0.497 e. The molecule has 25 heavy (non-hydrogen) atoms. The molecule has 6 nitrogen and oxygen atoms in total. The zero-order chi connectivity index (χ0) is 17.6. The van der Waals surface area contributed by atoms with Crippen LogP contribution < -0.4 is 15.0 Å². The summed E-state index contributed by atoms with van der Waals surface area (Å²) in [4.78, 5) is 22.9. The first-order chi connectivity index (χ1) is 12.1. The van der Waals surface area contributed by atoms with Gasteiger partial charge in [0.2, 0.25) is 0 Å². The molecular weight excluding hydrogens is 338 g/mol. The van der Waals surface area contributed by atoms with Crippen molar-refractivity contribution in [3.63, 3.8) is 0 Å². The Morgan fingerprint density at radius 1 is 1.08 bits per heavy atom. The summed E-state index contributed by atoms with van der Waals surface area (Å²) in [6.07, 6.45) is 1.67. The van der Waals surface area contributed by atoms with E-state index in [1.165, 1.54) is 11.3 Å². The van der Waals surface area contributed by atoms with Crippen molar-refractivity contribution in [3.8, 4) is 17.2 Å². The molecule has 3 aromatic heterocycles. The van der Waals surface area contributed by atoms with E-state index in [4.69, 9.17) is 9.47 Å². The van der Waals surface area contributed by atoms with Crippen molar-refractivity contribution in [1.29, 1.82) is 0 Å². The molecule has 3 heterocycles. The van der Waals surface area contributed by atoms with E-state index < -0.39 is 0 Å². The van der Waals surface area contributed by atoms with Gasteiger partial charge in [0.25, 0.3) is 5.56 Å². The van der Waals surface area contributed by atoms with Gasteiger partial charge in [-0.3, -0.25) is 9.36 Å². The van der Waals surface area contributed by atoms with E-state index in [0.717, 1.165) is 21.7 Å². The maximum atomic E-state index is 13.1. The lowest BCUT2D eigenvalue weighted by molar-refractivity contribution is 0.414. The molecule has 4 aromatic rings. The van der Waals surface area contributed by atoms with Crippen LogP contribution in [0.5, 0.6) is 11.5 Å². The number of hydrogen-bond acceptors (Lipinski definition) is 6. The second-order valence-corrected chi connectivity index (χ2v) is 6.47. The maximum absolute atomic E-state index is 13.1. The zero-order valence-electron chi connectivity index (χ0n) is 13.9. The highest BCUT2D eigenvalue weighted by molar-refractivity contribution is 7.25. The molecule has 0 amide bonds. The van der Waals surface area contributed by atoms with Gasteiger partial charge in [-0.15, -0.1) is 11.3 Å². The lowest BCUT2D eigenvalue weighted by Crippen LogP contribution is -2.21. The monoisotopic (exact) mass is 353 g/mol. The number of hydrogen-bond donors (Lipinski definition) is 0. The predicted molar refractivity (Wildman–Crippen MR) is 98.4 cm³/mol.